The molecule has 1 unspecified atom stereocenters. The van der Waals surface area contributed by atoms with Crippen molar-refractivity contribution in [1.82, 2.24) is 0 Å². The first-order chi connectivity index (χ1) is 7.16. The largest absolute Gasteiger partial charge is 0.311 e. The van der Waals surface area contributed by atoms with Crippen LogP contribution < -0.4 is 4.90 Å². The Morgan fingerprint density at radius 3 is 2.67 bits per heavy atom. The predicted octanol–water partition coefficient (Wildman–Crippen LogP) is 2.00. The maximum absolute atomic E-state index is 11.8. The second-order valence-electron chi connectivity index (χ2n) is 3.33. The van der Waals surface area contributed by atoms with Crippen molar-refractivity contribution < 1.29 is 9.59 Å². The van der Waals surface area contributed by atoms with Crippen LogP contribution in [-0.4, -0.2) is 23.1 Å². The molecule has 1 aromatic carbocycles. The van der Waals surface area contributed by atoms with Gasteiger partial charge in [-0.3, -0.25) is 9.59 Å². The fourth-order valence-corrected chi connectivity index (χ4v) is 2.24. The molecule has 2 rings (SSSR count). The van der Waals surface area contributed by atoms with E-state index in [9.17, 15) is 9.59 Å². The predicted molar refractivity (Wildman–Crippen MR) is 61.5 cm³/mol. The van der Waals surface area contributed by atoms with Crippen molar-refractivity contribution in [1.29, 1.82) is 0 Å². The molecule has 0 aromatic heterocycles. The maximum Gasteiger partial charge on any atom is 0.248 e. The van der Waals surface area contributed by atoms with Crippen LogP contribution in [0.1, 0.15) is 17.3 Å². The Bertz CT molecular complexity index is 430. The number of anilines is 1. The summed E-state index contributed by atoms with van der Waals surface area (Å²) in [6.07, 6.45) is 0. The van der Waals surface area contributed by atoms with E-state index in [0.29, 0.717) is 17.8 Å². The van der Waals surface area contributed by atoms with Gasteiger partial charge in [-0.15, -0.1) is 0 Å². The molecule has 78 valence electrons. The molecular formula is C11H10BrNO2. The lowest BCUT2D eigenvalue weighted by Gasteiger charge is -2.30. The molecule has 1 aromatic rings. The number of carbonyl (C=O) groups excluding carboxylic acids is 2. The quantitative estimate of drug-likeness (QED) is 0.577. The number of nitrogens with zero attached hydrogens (tertiary/aromatic N) is 1. The van der Waals surface area contributed by atoms with Crippen LogP contribution >= 0.6 is 15.9 Å². The molecule has 0 fully saturated rings. The first-order valence-electron chi connectivity index (χ1n) is 4.75. The van der Waals surface area contributed by atoms with E-state index in [-0.39, 0.29) is 11.7 Å². The van der Waals surface area contributed by atoms with Crippen LogP contribution in [0.25, 0.3) is 0 Å². The molecule has 1 aliphatic rings. The van der Waals surface area contributed by atoms with Crippen LogP contribution in [0.15, 0.2) is 24.3 Å². The Morgan fingerprint density at radius 2 is 2.00 bits per heavy atom. The van der Waals surface area contributed by atoms with E-state index in [1.54, 1.807) is 23.1 Å². The zero-order chi connectivity index (χ0) is 11.0. The Balaban J connectivity index is 2.60. The number of carbonyl (C=O) groups is 2. The fourth-order valence-electron chi connectivity index (χ4n) is 1.75. The third-order valence-corrected chi connectivity index (χ3v) is 3.30. The fraction of sp³-hybridized carbons (Fsp3) is 0.273. The average molecular weight is 268 g/mol. The lowest BCUT2D eigenvalue weighted by molar-refractivity contribution is -0.117. The summed E-state index contributed by atoms with van der Waals surface area (Å²) < 4.78 is 0. The molecule has 0 saturated carbocycles. The first kappa shape index (κ1) is 10.4. The zero-order valence-corrected chi connectivity index (χ0v) is 9.82. The van der Waals surface area contributed by atoms with Gasteiger partial charge in [-0.25, -0.2) is 0 Å². The highest BCUT2D eigenvalue weighted by atomic mass is 79.9. The molecule has 15 heavy (non-hydrogen) atoms. The Kier molecular flexibility index (Phi) is 2.61. The number of Topliss-reactive ketones (excluding diaryl/α,β-unsaturated/α-hetero) is 1. The molecular weight excluding hydrogens is 258 g/mol. The Labute approximate surface area is 96.2 Å². The van der Waals surface area contributed by atoms with Gasteiger partial charge in [-0.05, 0) is 19.1 Å². The molecule has 1 aliphatic heterocycles. The monoisotopic (exact) mass is 267 g/mol. The van der Waals surface area contributed by atoms with Gasteiger partial charge < -0.3 is 4.90 Å². The number of fused-ring (bicyclic) bond motifs is 1. The van der Waals surface area contributed by atoms with Crippen molar-refractivity contribution in [3.63, 3.8) is 0 Å². The molecule has 0 bridgehead atoms. The van der Waals surface area contributed by atoms with Gasteiger partial charge in [0.2, 0.25) is 5.91 Å². The normalized spacial score (nSPS) is 20.4. The minimum atomic E-state index is -0.729. The summed E-state index contributed by atoms with van der Waals surface area (Å²) >= 11 is 3.13. The number of amides is 1. The van der Waals surface area contributed by atoms with Gasteiger partial charge in [-0.1, -0.05) is 28.1 Å². The number of rotatable bonds is 1. The summed E-state index contributed by atoms with van der Waals surface area (Å²) in [5.41, 5.74) is 1.33. The van der Waals surface area contributed by atoms with Crippen LogP contribution in [-0.2, 0) is 4.79 Å². The molecule has 3 nitrogen and oxygen atoms in total. The van der Waals surface area contributed by atoms with Gasteiger partial charge >= 0.3 is 0 Å². The zero-order valence-electron chi connectivity index (χ0n) is 8.24. The van der Waals surface area contributed by atoms with E-state index in [1.165, 1.54) is 0 Å². The SMILES string of the molecule is CCN1C(=O)C(Br)C(=O)c2ccccc21. The van der Waals surface area contributed by atoms with Crippen molar-refractivity contribution in [2.24, 2.45) is 0 Å². The standard InChI is InChI=1S/C11H10BrNO2/c1-2-13-8-6-4-3-5-7(8)10(14)9(12)11(13)15/h3-6,9H,2H2,1H3. The molecule has 0 radical (unpaired) electrons. The molecule has 1 heterocycles. The average Bonchev–Trinajstić information content (AvgIpc) is 2.27. The lowest BCUT2D eigenvalue weighted by Crippen LogP contribution is -2.45. The van der Waals surface area contributed by atoms with Gasteiger partial charge in [0.25, 0.3) is 0 Å². The number of halogens is 1. The molecule has 1 atom stereocenters. The second-order valence-corrected chi connectivity index (χ2v) is 4.24. The van der Waals surface area contributed by atoms with E-state index < -0.39 is 4.83 Å². The molecule has 1 amide bonds. The number of hydrogen-bond acceptors (Lipinski definition) is 2. The highest BCUT2D eigenvalue weighted by Gasteiger charge is 2.36. The smallest absolute Gasteiger partial charge is 0.248 e. The van der Waals surface area contributed by atoms with E-state index in [4.69, 9.17) is 0 Å². The van der Waals surface area contributed by atoms with E-state index in [0.717, 1.165) is 0 Å². The van der Waals surface area contributed by atoms with Crippen LogP contribution in [0.2, 0.25) is 0 Å². The van der Waals surface area contributed by atoms with Gasteiger partial charge in [0.05, 0.1) is 5.69 Å². The van der Waals surface area contributed by atoms with Gasteiger partial charge in [0.1, 0.15) is 0 Å². The topological polar surface area (TPSA) is 37.4 Å². The Morgan fingerprint density at radius 1 is 1.33 bits per heavy atom. The van der Waals surface area contributed by atoms with Crippen molar-refractivity contribution in [3.05, 3.63) is 29.8 Å². The highest BCUT2D eigenvalue weighted by molar-refractivity contribution is 9.10. The molecule has 0 saturated heterocycles. The van der Waals surface area contributed by atoms with Gasteiger partial charge in [0.15, 0.2) is 10.6 Å². The number of benzene rings is 1. The van der Waals surface area contributed by atoms with Crippen molar-refractivity contribution in [3.8, 4) is 0 Å². The molecule has 0 spiro atoms. The summed E-state index contributed by atoms with van der Waals surface area (Å²) in [4.78, 5) is 24.5. The van der Waals surface area contributed by atoms with Gasteiger partial charge in [0, 0.05) is 12.1 Å². The molecule has 0 aliphatic carbocycles. The van der Waals surface area contributed by atoms with Crippen molar-refractivity contribution >= 4 is 33.3 Å². The van der Waals surface area contributed by atoms with Crippen molar-refractivity contribution in [2.45, 2.75) is 11.8 Å². The summed E-state index contributed by atoms with van der Waals surface area (Å²) in [6.45, 7) is 2.47. The minimum absolute atomic E-state index is 0.152. The van der Waals surface area contributed by atoms with Crippen LogP contribution in [0.5, 0.6) is 0 Å². The molecule has 0 N–H and O–H groups in total. The molecule has 4 heteroatoms. The van der Waals surface area contributed by atoms with Crippen LogP contribution in [0.3, 0.4) is 0 Å². The van der Waals surface area contributed by atoms with E-state index in [1.807, 2.05) is 13.0 Å². The van der Waals surface area contributed by atoms with Crippen molar-refractivity contribution in [2.75, 3.05) is 11.4 Å². The third-order valence-electron chi connectivity index (χ3n) is 2.49. The number of hydrogen-bond donors (Lipinski definition) is 0. The summed E-state index contributed by atoms with van der Waals surface area (Å²) in [7, 11) is 0. The van der Waals surface area contributed by atoms with Crippen LogP contribution in [0.4, 0.5) is 5.69 Å². The first-order valence-corrected chi connectivity index (χ1v) is 5.67. The Hall–Kier alpha value is -1.16. The summed E-state index contributed by atoms with van der Waals surface area (Å²) in [6, 6.07) is 7.19. The lowest BCUT2D eigenvalue weighted by atomic mass is 10.00. The summed E-state index contributed by atoms with van der Waals surface area (Å²) in [5.74, 6) is -0.332. The number of para-hydroxylation sites is 1. The van der Waals surface area contributed by atoms with Gasteiger partial charge in [-0.2, -0.15) is 0 Å². The summed E-state index contributed by atoms with van der Waals surface area (Å²) in [5, 5.41) is 0. The second kappa shape index (κ2) is 3.77. The number of alkyl halides is 1. The van der Waals surface area contributed by atoms with E-state index in [2.05, 4.69) is 15.9 Å². The minimum Gasteiger partial charge on any atom is -0.311 e. The number of ketones is 1. The highest BCUT2D eigenvalue weighted by Crippen LogP contribution is 2.30. The third kappa shape index (κ3) is 1.49. The van der Waals surface area contributed by atoms with Crippen LogP contribution in [0, 0.1) is 0 Å². The van der Waals surface area contributed by atoms with E-state index >= 15 is 0 Å². The maximum atomic E-state index is 11.8.